The summed E-state index contributed by atoms with van der Waals surface area (Å²) >= 11 is 0. The molecule has 0 bridgehead atoms. The maximum Gasteiger partial charge on any atom is 0.229 e. The highest BCUT2D eigenvalue weighted by Gasteiger charge is 2.11. The van der Waals surface area contributed by atoms with Crippen LogP contribution in [-0.4, -0.2) is 15.7 Å². The summed E-state index contributed by atoms with van der Waals surface area (Å²) < 4.78 is 1.84. The number of hydrogen-bond donors (Lipinski definition) is 1. The molecule has 0 atom stereocenters. The molecule has 1 N–H and O–H groups in total. The van der Waals surface area contributed by atoms with Crippen LogP contribution in [0.5, 0.6) is 0 Å². The number of carbonyl (C=O) groups is 1. The molecule has 1 aromatic heterocycles. The van der Waals surface area contributed by atoms with Crippen LogP contribution in [0.25, 0.3) is 0 Å². The molecule has 26 heavy (non-hydrogen) atoms. The largest absolute Gasteiger partial charge is 0.311 e. The Balaban J connectivity index is 1.67. The van der Waals surface area contributed by atoms with Gasteiger partial charge in [0.15, 0.2) is 0 Å². The van der Waals surface area contributed by atoms with Crippen LogP contribution < -0.4 is 5.32 Å². The molecule has 4 heteroatoms. The number of nitrogens with zero attached hydrogens (tertiary/aromatic N) is 2. The van der Waals surface area contributed by atoms with E-state index in [1.165, 1.54) is 5.56 Å². The van der Waals surface area contributed by atoms with Gasteiger partial charge in [-0.1, -0.05) is 68.4 Å². The first-order valence-electron chi connectivity index (χ1n) is 8.98. The SMILES string of the molecule is Cc1cc(NC(=O)Cc2ccc(C(C)C)cc2)n(Cc2ccccc2)n1. The van der Waals surface area contributed by atoms with Gasteiger partial charge in [0.25, 0.3) is 0 Å². The van der Waals surface area contributed by atoms with Gasteiger partial charge in [-0.05, 0) is 29.5 Å². The van der Waals surface area contributed by atoms with Crippen LogP contribution in [0.2, 0.25) is 0 Å². The average molecular weight is 347 g/mol. The second-order valence-electron chi connectivity index (χ2n) is 6.94. The average Bonchev–Trinajstić information content (AvgIpc) is 2.95. The second-order valence-corrected chi connectivity index (χ2v) is 6.94. The molecular weight excluding hydrogens is 322 g/mol. The van der Waals surface area contributed by atoms with Gasteiger partial charge in [-0.25, -0.2) is 4.68 Å². The maximum atomic E-state index is 12.5. The van der Waals surface area contributed by atoms with Gasteiger partial charge in [0.1, 0.15) is 5.82 Å². The van der Waals surface area contributed by atoms with Crippen LogP contribution in [0.4, 0.5) is 5.82 Å². The molecule has 0 radical (unpaired) electrons. The zero-order valence-electron chi connectivity index (χ0n) is 15.6. The molecule has 0 aliphatic carbocycles. The van der Waals surface area contributed by atoms with Crippen LogP contribution in [0.15, 0.2) is 60.7 Å². The van der Waals surface area contributed by atoms with Crippen molar-refractivity contribution in [3.63, 3.8) is 0 Å². The Morgan fingerprint density at radius 3 is 2.38 bits per heavy atom. The van der Waals surface area contributed by atoms with Crippen molar-refractivity contribution in [2.75, 3.05) is 5.32 Å². The monoisotopic (exact) mass is 347 g/mol. The van der Waals surface area contributed by atoms with Crippen molar-refractivity contribution in [2.24, 2.45) is 0 Å². The molecule has 0 aliphatic heterocycles. The van der Waals surface area contributed by atoms with E-state index in [1.807, 2.05) is 48.0 Å². The number of carbonyl (C=O) groups excluding carboxylic acids is 1. The topological polar surface area (TPSA) is 46.9 Å². The molecule has 0 unspecified atom stereocenters. The number of benzene rings is 2. The predicted octanol–water partition coefficient (Wildman–Crippen LogP) is 4.54. The van der Waals surface area contributed by atoms with E-state index in [4.69, 9.17) is 0 Å². The van der Waals surface area contributed by atoms with Gasteiger partial charge in [-0.15, -0.1) is 0 Å². The summed E-state index contributed by atoms with van der Waals surface area (Å²) in [5.74, 6) is 1.19. The number of hydrogen-bond acceptors (Lipinski definition) is 2. The first-order chi connectivity index (χ1) is 12.5. The molecule has 3 aromatic rings. The first kappa shape index (κ1) is 17.9. The van der Waals surface area contributed by atoms with Crippen LogP contribution in [0.3, 0.4) is 0 Å². The predicted molar refractivity (Wildman–Crippen MR) is 105 cm³/mol. The molecule has 1 amide bonds. The summed E-state index contributed by atoms with van der Waals surface area (Å²) in [6.45, 7) is 6.89. The minimum Gasteiger partial charge on any atom is -0.311 e. The Labute approximate surface area is 154 Å². The standard InChI is InChI=1S/C22H25N3O/c1-16(2)20-11-9-18(10-12-20)14-22(26)23-21-13-17(3)24-25(21)15-19-7-5-4-6-8-19/h4-13,16H,14-15H2,1-3H3,(H,23,26). The summed E-state index contributed by atoms with van der Waals surface area (Å²) in [5, 5.41) is 7.50. The lowest BCUT2D eigenvalue weighted by molar-refractivity contribution is -0.115. The Bertz CT molecular complexity index is 864. The number of rotatable bonds is 6. The van der Waals surface area contributed by atoms with E-state index in [2.05, 4.69) is 48.5 Å². The molecule has 0 saturated heterocycles. The van der Waals surface area contributed by atoms with E-state index in [0.29, 0.717) is 18.9 Å². The third kappa shape index (κ3) is 4.60. The normalized spacial score (nSPS) is 10.9. The Kier molecular flexibility index (Phi) is 5.52. The Hall–Kier alpha value is -2.88. The van der Waals surface area contributed by atoms with Crippen LogP contribution in [0, 0.1) is 6.92 Å². The molecule has 1 heterocycles. The van der Waals surface area contributed by atoms with E-state index in [9.17, 15) is 4.79 Å². The summed E-state index contributed by atoms with van der Waals surface area (Å²) in [6.07, 6.45) is 0.355. The lowest BCUT2D eigenvalue weighted by Gasteiger charge is -2.10. The van der Waals surface area contributed by atoms with E-state index < -0.39 is 0 Å². The van der Waals surface area contributed by atoms with Gasteiger partial charge in [-0.2, -0.15) is 5.10 Å². The van der Waals surface area contributed by atoms with Gasteiger partial charge in [0, 0.05) is 6.07 Å². The highest BCUT2D eigenvalue weighted by molar-refractivity contribution is 5.91. The minimum absolute atomic E-state index is 0.0310. The molecule has 134 valence electrons. The van der Waals surface area contributed by atoms with Crippen molar-refractivity contribution in [1.82, 2.24) is 9.78 Å². The Morgan fingerprint density at radius 2 is 1.73 bits per heavy atom. The minimum atomic E-state index is -0.0310. The van der Waals surface area contributed by atoms with Crippen LogP contribution >= 0.6 is 0 Å². The molecular formula is C22H25N3O. The summed E-state index contributed by atoms with van der Waals surface area (Å²) in [7, 11) is 0. The summed E-state index contributed by atoms with van der Waals surface area (Å²) in [4.78, 5) is 12.5. The fourth-order valence-electron chi connectivity index (χ4n) is 2.92. The molecule has 4 nitrogen and oxygen atoms in total. The maximum absolute atomic E-state index is 12.5. The smallest absolute Gasteiger partial charge is 0.229 e. The number of anilines is 1. The zero-order chi connectivity index (χ0) is 18.5. The molecule has 3 rings (SSSR count). The van der Waals surface area contributed by atoms with Gasteiger partial charge >= 0.3 is 0 Å². The number of aryl methyl sites for hydroxylation is 1. The van der Waals surface area contributed by atoms with E-state index in [-0.39, 0.29) is 5.91 Å². The van der Waals surface area contributed by atoms with E-state index >= 15 is 0 Å². The second kappa shape index (κ2) is 8.00. The van der Waals surface area contributed by atoms with Crippen molar-refractivity contribution in [3.05, 3.63) is 83.0 Å². The third-order valence-corrected chi connectivity index (χ3v) is 4.36. The van der Waals surface area contributed by atoms with Crippen LogP contribution in [0.1, 0.15) is 42.1 Å². The van der Waals surface area contributed by atoms with Crippen molar-refractivity contribution in [1.29, 1.82) is 0 Å². The van der Waals surface area contributed by atoms with Gasteiger partial charge < -0.3 is 5.32 Å². The van der Waals surface area contributed by atoms with Crippen molar-refractivity contribution < 1.29 is 4.79 Å². The molecule has 0 saturated carbocycles. The quantitative estimate of drug-likeness (QED) is 0.711. The number of aromatic nitrogens is 2. The fourth-order valence-corrected chi connectivity index (χ4v) is 2.92. The number of nitrogens with one attached hydrogen (secondary N) is 1. The van der Waals surface area contributed by atoms with E-state index in [1.54, 1.807) is 0 Å². The van der Waals surface area contributed by atoms with Gasteiger partial charge in [-0.3, -0.25) is 4.79 Å². The van der Waals surface area contributed by atoms with Gasteiger partial charge in [0.05, 0.1) is 18.7 Å². The lowest BCUT2D eigenvalue weighted by Crippen LogP contribution is -2.18. The molecule has 2 aromatic carbocycles. The summed E-state index contributed by atoms with van der Waals surface area (Å²) in [5.41, 5.74) is 4.33. The zero-order valence-corrected chi connectivity index (χ0v) is 15.6. The van der Waals surface area contributed by atoms with Crippen molar-refractivity contribution in [3.8, 4) is 0 Å². The lowest BCUT2D eigenvalue weighted by atomic mass is 10.0. The van der Waals surface area contributed by atoms with Gasteiger partial charge in [0.2, 0.25) is 5.91 Å². The van der Waals surface area contributed by atoms with Crippen molar-refractivity contribution in [2.45, 2.75) is 39.7 Å². The van der Waals surface area contributed by atoms with E-state index in [0.717, 1.165) is 22.6 Å². The van der Waals surface area contributed by atoms with Crippen LogP contribution in [-0.2, 0) is 17.8 Å². The Morgan fingerprint density at radius 1 is 1.04 bits per heavy atom. The first-order valence-corrected chi connectivity index (χ1v) is 8.98. The molecule has 0 aliphatic rings. The number of amides is 1. The highest BCUT2D eigenvalue weighted by Crippen LogP contribution is 2.16. The third-order valence-electron chi connectivity index (χ3n) is 4.36. The highest BCUT2D eigenvalue weighted by atomic mass is 16.1. The summed E-state index contributed by atoms with van der Waals surface area (Å²) in [6, 6.07) is 20.3. The molecule has 0 spiro atoms. The fraction of sp³-hybridized carbons (Fsp3) is 0.273. The molecule has 0 fully saturated rings. The van der Waals surface area contributed by atoms with Crippen molar-refractivity contribution >= 4 is 11.7 Å².